The quantitative estimate of drug-likeness (QED) is 0.549. The summed E-state index contributed by atoms with van der Waals surface area (Å²) < 4.78 is 33.9. The molecule has 0 radical (unpaired) electrons. The number of morpholine rings is 1. The fourth-order valence-electron chi connectivity index (χ4n) is 3.95. The van der Waals surface area contributed by atoms with Gasteiger partial charge in [0.2, 0.25) is 0 Å². The van der Waals surface area contributed by atoms with Crippen LogP contribution in [0.15, 0.2) is 54.7 Å². The van der Waals surface area contributed by atoms with Crippen molar-refractivity contribution in [3.05, 3.63) is 77.5 Å². The Morgan fingerprint density at radius 1 is 1.12 bits per heavy atom. The molecule has 0 unspecified atom stereocenters. The number of aryl methyl sites for hydroxylation is 1. The number of ether oxygens (including phenoxy) is 1. The number of nitrogens with zero attached hydrogens (tertiary/aromatic N) is 2. The van der Waals surface area contributed by atoms with Crippen LogP contribution < -0.4 is 5.32 Å². The van der Waals surface area contributed by atoms with Crippen LogP contribution in [0.25, 0.3) is 22.4 Å². The zero-order chi connectivity index (χ0) is 23.4. The number of benzene rings is 2. The second-order valence-corrected chi connectivity index (χ2v) is 8.41. The second-order valence-electron chi connectivity index (χ2n) is 8.41. The highest BCUT2D eigenvalue weighted by Gasteiger charge is 2.19. The molecule has 180 valence electrons. The van der Waals surface area contributed by atoms with E-state index >= 15 is 0 Å². The Morgan fingerprint density at radius 3 is 2.56 bits per heavy atom. The van der Waals surface area contributed by atoms with Crippen LogP contribution in [0.3, 0.4) is 0 Å². The molecule has 5 nitrogen and oxygen atoms in total. The van der Waals surface area contributed by atoms with E-state index in [9.17, 15) is 13.6 Å². The molecule has 2 aromatic carbocycles. The SMILES string of the molecule is C.Cc1ccc(-c2cc(C(=O)N[C@H](C)CN3CCOCC3)cc(-c3cccc(F)c3F)c2)nc1. The average molecular weight is 468 g/mol. The van der Waals surface area contributed by atoms with Crippen molar-refractivity contribution in [1.29, 1.82) is 0 Å². The molecular weight excluding hydrogens is 436 g/mol. The molecular formula is C27H31F2N3O2. The van der Waals surface area contributed by atoms with Gasteiger partial charge in [-0.25, -0.2) is 8.78 Å². The zero-order valence-electron chi connectivity index (χ0n) is 18.8. The standard InChI is InChI=1S/C26H27F2N3O2.CH4/c1-17-6-7-24(29-15-17)20-12-19(22-4-3-5-23(27)25(22)28)13-21(14-20)26(32)30-18(2)16-31-8-10-33-11-9-31;/h3-7,12-15,18H,8-11,16H2,1-2H3,(H,30,32);1H4/t18-;/m1./s1. The molecule has 1 aromatic heterocycles. The minimum absolute atomic E-state index is 0. The third kappa shape index (κ3) is 6.04. The van der Waals surface area contributed by atoms with E-state index in [0.717, 1.165) is 24.7 Å². The smallest absolute Gasteiger partial charge is 0.251 e. The lowest BCUT2D eigenvalue weighted by atomic mass is 9.97. The van der Waals surface area contributed by atoms with Crippen molar-refractivity contribution < 1.29 is 18.3 Å². The molecule has 0 spiro atoms. The van der Waals surface area contributed by atoms with E-state index < -0.39 is 11.6 Å². The van der Waals surface area contributed by atoms with Gasteiger partial charge in [0.25, 0.3) is 5.91 Å². The Bertz CT molecular complexity index is 1130. The Balaban J connectivity index is 0.00000324. The molecule has 1 saturated heterocycles. The van der Waals surface area contributed by atoms with E-state index in [2.05, 4.69) is 15.2 Å². The van der Waals surface area contributed by atoms with Gasteiger partial charge >= 0.3 is 0 Å². The molecule has 0 bridgehead atoms. The van der Waals surface area contributed by atoms with E-state index in [0.29, 0.717) is 42.1 Å². The fraction of sp³-hybridized carbons (Fsp3) is 0.333. The molecule has 34 heavy (non-hydrogen) atoms. The van der Waals surface area contributed by atoms with Crippen LogP contribution in [0, 0.1) is 18.6 Å². The van der Waals surface area contributed by atoms with Gasteiger partial charge in [0.15, 0.2) is 11.6 Å². The molecule has 1 atom stereocenters. The molecule has 7 heteroatoms. The lowest BCUT2D eigenvalue weighted by Gasteiger charge is -2.29. The third-order valence-electron chi connectivity index (χ3n) is 5.68. The second kappa shape index (κ2) is 11.3. The van der Waals surface area contributed by atoms with Gasteiger partial charge < -0.3 is 10.1 Å². The minimum atomic E-state index is -0.946. The van der Waals surface area contributed by atoms with Gasteiger partial charge in [0, 0.05) is 48.6 Å². The molecule has 1 aliphatic heterocycles. The van der Waals surface area contributed by atoms with E-state index in [1.165, 1.54) is 12.1 Å². The van der Waals surface area contributed by atoms with Gasteiger partial charge in [-0.1, -0.05) is 25.6 Å². The number of rotatable bonds is 6. The number of carbonyl (C=O) groups is 1. The summed E-state index contributed by atoms with van der Waals surface area (Å²) in [5.74, 6) is -2.15. The number of nitrogens with one attached hydrogen (secondary N) is 1. The highest BCUT2D eigenvalue weighted by atomic mass is 19.2. The molecule has 2 heterocycles. The number of aromatic nitrogens is 1. The average Bonchev–Trinajstić information content (AvgIpc) is 2.81. The van der Waals surface area contributed by atoms with Crippen molar-refractivity contribution in [3.8, 4) is 22.4 Å². The topological polar surface area (TPSA) is 54.5 Å². The van der Waals surface area contributed by atoms with Crippen molar-refractivity contribution in [2.24, 2.45) is 0 Å². The predicted octanol–water partition coefficient (Wildman–Crippen LogP) is 5.09. The Hall–Kier alpha value is -3.16. The van der Waals surface area contributed by atoms with Gasteiger partial charge in [-0.2, -0.15) is 0 Å². The van der Waals surface area contributed by atoms with Crippen LogP contribution in [0.5, 0.6) is 0 Å². The number of carbonyl (C=O) groups excluding carboxylic acids is 1. The number of amides is 1. The van der Waals surface area contributed by atoms with E-state index in [1.807, 2.05) is 26.0 Å². The van der Waals surface area contributed by atoms with Crippen LogP contribution in [0.1, 0.15) is 30.3 Å². The summed E-state index contributed by atoms with van der Waals surface area (Å²) >= 11 is 0. The molecule has 0 aliphatic carbocycles. The zero-order valence-corrected chi connectivity index (χ0v) is 18.8. The first-order chi connectivity index (χ1) is 15.9. The molecule has 0 saturated carbocycles. The van der Waals surface area contributed by atoms with Crippen LogP contribution in [0.4, 0.5) is 8.78 Å². The van der Waals surface area contributed by atoms with Crippen LogP contribution in [-0.2, 0) is 4.74 Å². The van der Waals surface area contributed by atoms with E-state index in [1.54, 1.807) is 24.4 Å². The van der Waals surface area contributed by atoms with Crippen LogP contribution in [0.2, 0.25) is 0 Å². The lowest BCUT2D eigenvalue weighted by Crippen LogP contribution is -2.46. The summed E-state index contributed by atoms with van der Waals surface area (Å²) in [6, 6.07) is 12.8. The molecule has 1 N–H and O–H groups in total. The van der Waals surface area contributed by atoms with E-state index in [4.69, 9.17) is 4.74 Å². The highest BCUT2D eigenvalue weighted by molar-refractivity contribution is 5.97. The molecule has 3 aromatic rings. The summed E-state index contributed by atoms with van der Waals surface area (Å²) in [5, 5.41) is 3.03. The van der Waals surface area contributed by atoms with Gasteiger partial charge in [-0.15, -0.1) is 0 Å². The van der Waals surface area contributed by atoms with Crippen molar-refractivity contribution in [1.82, 2.24) is 15.2 Å². The summed E-state index contributed by atoms with van der Waals surface area (Å²) in [6.45, 7) is 7.63. The number of hydrogen-bond acceptors (Lipinski definition) is 4. The van der Waals surface area contributed by atoms with Crippen molar-refractivity contribution in [2.45, 2.75) is 27.3 Å². The predicted molar refractivity (Wildman–Crippen MR) is 131 cm³/mol. The molecule has 1 fully saturated rings. The first kappa shape index (κ1) is 25.5. The van der Waals surface area contributed by atoms with E-state index in [-0.39, 0.29) is 24.9 Å². The first-order valence-electron chi connectivity index (χ1n) is 11.0. The maximum absolute atomic E-state index is 14.6. The molecule has 1 amide bonds. The van der Waals surface area contributed by atoms with Crippen molar-refractivity contribution >= 4 is 5.91 Å². The Kier molecular flexibility index (Phi) is 8.47. The molecule has 1 aliphatic rings. The van der Waals surface area contributed by atoms with Crippen LogP contribution >= 0.6 is 0 Å². The maximum Gasteiger partial charge on any atom is 0.251 e. The largest absolute Gasteiger partial charge is 0.379 e. The summed E-state index contributed by atoms with van der Waals surface area (Å²) in [4.78, 5) is 19.8. The van der Waals surface area contributed by atoms with Gasteiger partial charge in [-0.05, 0) is 55.3 Å². The van der Waals surface area contributed by atoms with Crippen molar-refractivity contribution in [3.63, 3.8) is 0 Å². The maximum atomic E-state index is 14.6. The first-order valence-corrected chi connectivity index (χ1v) is 11.0. The van der Waals surface area contributed by atoms with Crippen molar-refractivity contribution in [2.75, 3.05) is 32.8 Å². The normalized spacial score (nSPS) is 14.8. The third-order valence-corrected chi connectivity index (χ3v) is 5.68. The molecule has 4 rings (SSSR count). The monoisotopic (exact) mass is 467 g/mol. The van der Waals surface area contributed by atoms with Crippen LogP contribution in [-0.4, -0.2) is 54.7 Å². The summed E-state index contributed by atoms with van der Waals surface area (Å²) in [5.41, 5.74) is 3.18. The number of pyridine rings is 1. The summed E-state index contributed by atoms with van der Waals surface area (Å²) in [6.07, 6.45) is 1.73. The van der Waals surface area contributed by atoms with Gasteiger partial charge in [0.05, 0.1) is 18.9 Å². The Labute approximate surface area is 199 Å². The van der Waals surface area contributed by atoms with Gasteiger partial charge in [-0.3, -0.25) is 14.7 Å². The lowest BCUT2D eigenvalue weighted by molar-refractivity contribution is 0.0342. The van der Waals surface area contributed by atoms with Gasteiger partial charge in [0.1, 0.15) is 0 Å². The highest BCUT2D eigenvalue weighted by Crippen LogP contribution is 2.30. The fourth-order valence-corrected chi connectivity index (χ4v) is 3.95. The Morgan fingerprint density at radius 2 is 1.85 bits per heavy atom. The summed E-state index contributed by atoms with van der Waals surface area (Å²) in [7, 11) is 0. The minimum Gasteiger partial charge on any atom is -0.379 e. The number of halogens is 2. The number of hydrogen-bond donors (Lipinski definition) is 1.